The van der Waals surface area contributed by atoms with Crippen LogP contribution in [-0.4, -0.2) is 30.8 Å². The Kier molecular flexibility index (Phi) is 4.88. The third-order valence-electron chi connectivity index (χ3n) is 4.14. The maximum atomic E-state index is 13.0. The maximum absolute atomic E-state index is 13.0. The number of hydrogen-bond acceptors (Lipinski definition) is 7. The highest BCUT2D eigenvalue weighted by Gasteiger charge is 2.29. The minimum absolute atomic E-state index is 0.250. The van der Waals surface area contributed by atoms with E-state index in [1.54, 1.807) is 12.1 Å². The van der Waals surface area contributed by atoms with Crippen molar-refractivity contribution in [2.24, 2.45) is 5.73 Å². The summed E-state index contributed by atoms with van der Waals surface area (Å²) in [6.45, 7) is 0. The summed E-state index contributed by atoms with van der Waals surface area (Å²) in [6, 6.07) is 6.29. The average molecular weight is 388 g/mol. The van der Waals surface area contributed by atoms with E-state index in [-0.39, 0.29) is 18.1 Å². The summed E-state index contributed by atoms with van der Waals surface area (Å²) < 4.78 is 20.4. The van der Waals surface area contributed by atoms with Crippen molar-refractivity contribution in [1.29, 1.82) is 0 Å². The van der Waals surface area contributed by atoms with Crippen LogP contribution in [0.3, 0.4) is 0 Å². The monoisotopic (exact) mass is 388 g/mol. The van der Waals surface area contributed by atoms with Gasteiger partial charge in [0.2, 0.25) is 17.6 Å². The molecule has 1 aromatic carbocycles. The molecule has 0 saturated heterocycles. The second-order valence-corrected chi connectivity index (χ2v) is 7.22. The van der Waals surface area contributed by atoms with Crippen molar-refractivity contribution < 1.29 is 13.7 Å². The Morgan fingerprint density at radius 3 is 2.78 bits per heavy atom. The first kappa shape index (κ1) is 17.7. The highest BCUT2D eigenvalue weighted by Crippen LogP contribution is 2.39. The fraction of sp³-hybridized carbons (Fsp3) is 0.353. The van der Waals surface area contributed by atoms with Gasteiger partial charge in [0, 0.05) is 24.4 Å². The van der Waals surface area contributed by atoms with Gasteiger partial charge in [0.15, 0.2) is 5.16 Å². The molecular formula is C17H17FN6O2S. The Hall–Kier alpha value is -2.75. The van der Waals surface area contributed by atoms with E-state index < -0.39 is 0 Å². The van der Waals surface area contributed by atoms with Gasteiger partial charge in [0.1, 0.15) is 11.6 Å². The molecule has 0 aliphatic heterocycles. The van der Waals surface area contributed by atoms with Crippen molar-refractivity contribution in [3.8, 4) is 11.4 Å². The normalized spacial score (nSPS) is 13.8. The van der Waals surface area contributed by atoms with Gasteiger partial charge < -0.3 is 14.8 Å². The molecule has 0 radical (unpaired) electrons. The number of thioether (sulfide) groups is 1. The number of benzene rings is 1. The average Bonchev–Trinajstić information content (AvgIpc) is 3.23. The Morgan fingerprint density at radius 1 is 1.30 bits per heavy atom. The van der Waals surface area contributed by atoms with E-state index in [9.17, 15) is 9.18 Å². The molecule has 0 atom stereocenters. The Bertz CT molecular complexity index is 951. The van der Waals surface area contributed by atoms with Crippen molar-refractivity contribution in [3.05, 3.63) is 41.8 Å². The molecule has 8 nitrogen and oxygen atoms in total. The van der Waals surface area contributed by atoms with Gasteiger partial charge in [-0.05, 0) is 37.1 Å². The van der Waals surface area contributed by atoms with Gasteiger partial charge in [-0.2, -0.15) is 4.98 Å². The number of carbonyl (C=O) groups excluding carboxylic acids is 1. The summed E-state index contributed by atoms with van der Waals surface area (Å²) >= 11 is 1.45. The zero-order valence-electron chi connectivity index (χ0n) is 14.3. The lowest BCUT2D eigenvalue weighted by atomic mass is 10.2. The molecule has 0 unspecified atom stereocenters. The first-order chi connectivity index (χ1) is 13.1. The van der Waals surface area contributed by atoms with Gasteiger partial charge in [-0.15, -0.1) is 10.2 Å². The molecule has 0 spiro atoms. The topological polar surface area (TPSA) is 113 Å². The van der Waals surface area contributed by atoms with E-state index in [0.29, 0.717) is 35.5 Å². The van der Waals surface area contributed by atoms with E-state index >= 15 is 0 Å². The van der Waals surface area contributed by atoms with E-state index in [2.05, 4.69) is 24.9 Å². The van der Waals surface area contributed by atoms with Crippen LogP contribution in [0, 0.1) is 5.82 Å². The van der Waals surface area contributed by atoms with Gasteiger partial charge in [-0.1, -0.05) is 16.9 Å². The number of amides is 1. The molecule has 1 saturated carbocycles. The van der Waals surface area contributed by atoms with Crippen LogP contribution in [-0.2, 0) is 17.0 Å². The largest absolute Gasteiger partial charge is 0.370 e. The van der Waals surface area contributed by atoms with Crippen molar-refractivity contribution in [1.82, 2.24) is 24.9 Å². The summed E-state index contributed by atoms with van der Waals surface area (Å²) in [5, 5.41) is 13.1. The number of aryl methyl sites for hydroxylation is 1. The second-order valence-electron chi connectivity index (χ2n) is 6.27. The summed E-state index contributed by atoms with van der Waals surface area (Å²) in [7, 11) is 0. The third kappa shape index (κ3) is 4.16. The Balaban J connectivity index is 1.44. The first-order valence-corrected chi connectivity index (χ1v) is 9.52. The van der Waals surface area contributed by atoms with Crippen LogP contribution >= 0.6 is 11.8 Å². The van der Waals surface area contributed by atoms with Crippen molar-refractivity contribution >= 4 is 17.7 Å². The van der Waals surface area contributed by atoms with Crippen LogP contribution in [0.15, 0.2) is 33.9 Å². The molecule has 1 fully saturated rings. The zero-order valence-corrected chi connectivity index (χ0v) is 15.2. The van der Waals surface area contributed by atoms with Gasteiger partial charge in [-0.25, -0.2) is 4.39 Å². The highest BCUT2D eigenvalue weighted by atomic mass is 32.2. The number of nitrogens with zero attached hydrogens (tertiary/aromatic N) is 5. The van der Waals surface area contributed by atoms with Crippen LogP contribution in [0.4, 0.5) is 4.39 Å². The van der Waals surface area contributed by atoms with Crippen molar-refractivity contribution in [2.45, 2.75) is 42.6 Å². The predicted molar refractivity (Wildman–Crippen MR) is 95.1 cm³/mol. The fourth-order valence-corrected chi connectivity index (χ4v) is 3.53. The fourth-order valence-electron chi connectivity index (χ4n) is 2.67. The quantitative estimate of drug-likeness (QED) is 0.590. The molecule has 2 aromatic heterocycles. The van der Waals surface area contributed by atoms with Crippen LogP contribution in [0.25, 0.3) is 11.4 Å². The third-order valence-corrected chi connectivity index (χ3v) is 5.07. The van der Waals surface area contributed by atoms with E-state index in [1.807, 2.05) is 0 Å². The number of primary amides is 1. The number of hydrogen-bond donors (Lipinski definition) is 1. The summed E-state index contributed by atoms with van der Waals surface area (Å²) in [5.74, 6) is 1.41. The zero-order chi connectivity index (χ0) is 18.8. The first-order valence-electron chi connectivity index (χ1n) is 8.53. The maximum Gasteiger partial charge on any atom is 0.237 e. The molecule has 3 aromatic rings. The molecule has 1 aliphatic rings. The number of nitrogens with two attached hydrogens (primary N) is 1. The lowest BCUT2D eigenvalue weighted by Gasteiger charge is -2.07. The number of aromatic nitrogens is 5. The van der Waals surface area contributed by atoms with Crippen LogP contribution in [0.1, 0.15) is 37.0 Å². The molecule has 1 aliphatic carbocycles. The molecule has 0 bridgehead atoms. The van der Waals surface area contributed by atoms with Gasteiger partial charge in [-0.3, -0.25) is 4.79 Å². The SMILES string of the molecule is NC(=O)CCc1nnc(SCc2nc(-c3ccc(F)cc3)no2)n1C1CC1. The second kappa shape index (κ2) is 7.47. The molecule has 140 valence electrons. The van der Waals surface area contributed by atoms with Crippen molar-refractivity contribution in [3.63, 3.8) is 0 Å². The molecule has 27 heavy (non-hydrogen) atoms. The Morgan fingerprint density at radius 2 is 2.07 bits per heavy atom. The van der Waals surface area contributed by atoms with E-state index in [4.69, 9.17) is 10.3 Å². The van der Waals surface area contributed by atoms with Gasteiger partial charge in [0.05, 0.1) is 5.75 Å². The lowest BCUT2D eigenvalue weighted by molar-refractivity contribution is -0.118. The molecule has 1 amide bonds. The Labute approximate surface area is 158 Å². The smallest absolute Gasteiger partial charge is 0.237 e. The van der Waals surface area contributed by atoms with Gasteiger partial charge in [0.25, 0.3) is 0 Å². The number of carbonyl (C=O) groups is 1. The predicted octanol–water partition coefficient (Wildman–Crippen LogP) is 2.51. The van der Waals surface area contributed by atoms with Gasteiger partial charge >= 0.3 is 0 Å². The number of rotatable bonds is 8. The van der Waals surface area contributed by atoms with Crippen molar-refractivity contribution in [2.75, 3.05) is 0 Å². The molecule has 2 heterocycles. The molecule has 4 rings (SSSR count). The minimum Gasteiger partial charge on any atom is -0.370 e. The summed E-state index contributed by atoms with van der Waals surface area (Å²) in [5.41, 5.74) is 5.92. The molecule has 2 N–H and O–H groups in total. The lowest BCUT2D eigenvalue weighted by Crippen LogP contribution is -2.13. The number of halogens is 1. The van der Waals surface area contributed by atoms with E-state index in [1.165, 1.54) is 23.9 Å². The van der Waals surface area contributed by atoms with Crippen LogP contribution < -0.4 is 5.73 Å². The summed E-state index contributed by atoms with van der Waals surface area (Å²) in [4.78, 5) is 15.4. The van der Waals surface area contributed by atoms with E-state index in [0.717, 1.165) is 23.8 Å². The molecular weight excluding hydrogens is 371 g/mol. The van der Waals surface area contributed by atoms with Crippen LogP contribution in [0.5, 0.6) is 0 Å². The summed E-state index contributed by atoms with van der Waals surface area (Å²) in [6.07, 6.45) is 2.88. The van der Waals surface area contributed by atoms with Crippen LogP contribution in [0.2, 0.25) is 0 Å². The molecule has 10 heteroatoms. The standard InChI is InChI=1S/C17H17FN6O2S/c18-11-3-1-10(2-4-11)16-20-15(26-23-16)9-27-17-22-21-14(8-7-13(19)25)24(17)12-5-6-12/h1-4,12H,5-9H2,(H2,19,25). The minimum atomic E-state index is -0.353. The highest BCUT2D eigenvalue weighted by molar-refractivity contribution is 7.98.